The van der Waals surface area contributed by atoms with Gasteiger partial charge in [0.05, 0.1) is 11.4 Å². The number of rotatable bonds is 3. The first kappa shape index (κ1) is 18.8. The van der Waals surface area contributed by atoms with Crippen LogP contribution in [0.1, 0.15) is 16.7 Å². The van der Waals surface area contributed by atoms with Gasteiger partial charge in [-0.1, -0.05) is 53.1 Å². The van der Waals surface area contributed by atoms with Crippen LogP contribution in [0.5, 0.6) is 0 Å². The minimum absolute atomic E-state index is 0.949. The highest BCUT2D eigenvalue weighted by molar-refractivity contribution is 6.20. The van der Waals surface area contributed by atoms with Crippen molar-refractivity contribution in [1.29, 1.82) is 0 Å². The highest BCUT2D eigenvalue weighted by atomic mass is 15.0. The fourth-order valence-electron chi connectivity index (χ4n) is 3.28. The third-order valence-corrected chi connectivity index (χ3v) is 4.98. The summed E-state index contributed by atoms with van der Waals surface area (Å²) in [7, 11) is 0. The Hall–Kier alpha value is -3.52. The number of aryl methyl sites for hydroxylation is 3. The second kappa shape index (κ2) is 8.24. The fraction of sp³-hybridized carbons (Fsp3) is 0.111. The van der Waals surface area contributed by atoms with E-state index < -0.39 is 0 Å². The SMILES string of the molecule is Cc1ccc(N=C2C=CC(=[N+](c3ccc(C)cc3)c3ccc(C)cc3)C=C2)cc1. The smallest absolute Gasteiger partial charge is 0.211 e. The third kappa shape index (κ3) is 4.49. The molecule has 0 aromatic heterocycles. The topological polar surface area (TPSA) is 15.4 Å². The number of aliphatic imine (C=N–C) groups is 1. The largest absolute Gasteiger partial charge is 0.249 e. The maximum Gasteiger partial charge on any atom is 0.211 e. The van der Waals surface area contributed by atoms with Crippen molar-refractivity contribution in [3.8, 4) is 0 Å². The van der Waals surface area contributed by atoms with Crippen LogP contribution >= 0.6 is 0 Å². The Balaban J connectivity index is 1.74. The first-order valence-electron chi connectivity index (χ1n) is 9.90. The molecule has 29 heavy (non-hydrogen) atoms. The van der Waals surface area contributed by atoms with E-state index in [2.05, 4.69) is 110 Å². The van der Waals surface area contributed by atoms with Crippen LogP contribution in [0, 0.1) is 20.8 Å². The number of allylic oxidation sites excluding steroid dienone is 4. The zero-order valence-corrected chi connectivity index (χ0v) is 17.1. The summed E-state index contributed by atoms with van der Waals surface area (Å²) >= 11 is 0. The van der Waals surface area contributed by atoms with Gasteiger partial charge in [0.25, 0.3) is 0 Å². The zero-order chi connectivity index (χ0) is 20.2. The van der Waals surface area contributed by atoms with Crippen LogP contribution in [0.2, 0.25) is 0 Å². The van der Waals surface area contributed by atoms with Crippen LogP contribution in [0.4, 0.5) is 17.1 Å². The lowest BCUT2D eigenvalue weighted by Gasteiger charge is -2.08. The molecule has 0 fully saturated rings. The molecule has 0 unspecified atom stereocenters. The summed E-state index contributed by atoms with van der Waals surface area (Å²) in [5.74, 6) is 0. The highest BCUT2D eigenvalue weighted by Crippen LogP contribution is 2.23. The molecule has 0 atom stereocenters. The quantitative estimate of drug-likeness (QED) is 0.353. The molecule has 0 spiro atoms. The predicted molar refractivity (Wildman–Crippen MR) is 125 cm³/mol. The van der Waals surface area contributed by atoms with Gasteiger partial charge in [-0.05, 0) is 45.1 Å². The molecular weight excluding hydrogens is 352 g/mol. The predicted octanol–water partition coefficient (Wildman–Crippen LogP) is 6.79. The van der Waals surface area contributed by atoms with Gasteiger partial charge in [0.2, 0.25) is 17.1 Å². The van der Waals surface area contributed by atoms with Crippen LogP contribution in [-0.4, -0.2) is 11.4 Å². The van der Waals surface area contributed by atoms with Gasteiger partial charge >= 0.3 is 0 Å². The standard InChI is InChI=1S/C27H25N2/c1-20-4-10-23(11-5-20)28-24-12-18-27(19-13-24)29(25-14-6-21(2)7-15-25)26-16-8-22(3)9-17-26/h4-19H,1-3H3/q+1. The molecule has 0 saturated heterocycles. The number of hydrogen-bond acceptors (Lipinski definition) is 1. The van der Waals surface area contributed by atoms with Crippen molar-refractivity contribution in [3.05, 3.63) is 114 Å². The van der Waals surface area contributed by atoms with E-state index in [-0.39, 0.29) is 0 Å². The molecule has 0 saturated carbocycles. The van der Waals surface area contributed by atoms with Gasteiger partial charge in [-0.3, -0.25) is 0 Å². The van der Waals surface area contributed by atoms with Crippen molar-refractivity contribution >= 4 is 28.5 Å². The lowest BCUT2D eigenvalue weighted by atomic mass is 10.1. The Labute approximate surface area is 172 Å². The van der Waals surface area contributed by atoms with E-state index in [0.29, 0.717) is 0 Å². The molecule has 3 aromatic rings. The monoisotopic (exact) mass is 377 g/mol. The molecule has 2 heteroatoms. The van der Waals surface area contributed by atoms with Crippen molar-refractivity contribution in [2.45, 2.75) is 20.8 Å². The van der Waals surface area contributed by atoms with Gasteiger partial charge < -0.3 is 0 Å². The van der Waals surface area contributed by atoms with E-state index >= 15 is 0 Å². The molecule has 0 heterocycles. The minimum Gasteiger partial charge on any atom is -0.249 e. The fourth-order valence-corrected chi connectivity index (χ4v) is 3.28. The Morgan fingerprint density at radius 2 is 0.931 bits per heavy atom. The summed E-state index contributed by atoms with van der Waals surface area (Å²) in [4.78, 5) is 4.73. The Kier molecular flexibility index (Phi) is 5.35. The zero-order valence-electron chi connectivity index (χ0n) is 17.1. The number of hydrogen-bond donors (Lipinski definition) is 0. The van der Waals surface area contributed by atoms with E-state index in [4.69, 9.17) is 4.99 Å². The average Bonchev–Trinajstić information content (AvgIpc) is 2.74. The van der Waals surface area contributed by atoms with E-state index in [1.54, 1.807) is 0 Å². The molecular formula is C27H25N2+. The summed E-state index contributed by atoms with van der Waals surface area (Å²) in [6.07, 6.45) is 8.41. The Morgan fingerprint density at radius 1 is 0.517 bits per heavy atom. The number of nitrogens with zero attached hydrogens (tertiary/aromatic N) is 2. The molecule has 0 radical (unpaired) electrons. The molecule has 0 bridgehead atoms. The first-order chi connectivity index (χ1) is 14.1. The van der Waals surface area contributed by atoms with Gasteiger partial charge in [-0.25, -0.2) is 4.99 Å². The minimum atomic E-state index is 0.949. The van der Waals surface area contributed by atoms with Crippen molar-refractivity contribution in [2.24, 2.45) is 4.99 Å². The molecule has 0 amide bonds. The van der Waals surface area contributed by atoms with Gasteiger partial charge in [0.15, 0.2) is 0 Å². The maximum atomic E-state index is 4.73. The van der Waals surface area contributed by atoms with E-state index in [9.17, 15) is 0 Å². The van der Waals surface area contributed by atoms with Crippen LogP contribution in [0.25, 0.3) is 0 Å². The van der Waals surface area contributed by atoms with E-state index in [1.165, 1.54) is 16.7 Å². The lowest BCUT2D eigenvalue weighted by Crippen LogP contribution is -2.16. The molecule has 1 aliphatic rings. The Morgan fingerprint density at radius 3 is 1.38 bits per heavy atom. The third-order valence-electron chi connectivity index (χ3n) is 4.98. The normalized spacial score (nSPS) is 12.9. The molecule has 3 aromatic carbocycles. The summed E-state index contributed by atoms with van der Waals surface area (Å²) in [5, 5.41) is 0. The second-order valence-electron chi connectivity index (χ2n) is 7.47. The van der Waals surface area contributed by atoms with Crippen LogP contribution in [0.3, 0.4) is 0 Å². The first-order valence-corrected chi connectivity index (χ1v) is 9.90. The molecule has 0 N–H and O–H groups in total. The molecule has 2 nitrogen and oxygen atoms in total. The van der Waals surface area contributed by atoms with Gasteiger partial charge in [0.1, 0.15) is 0 Å². The molecule has 1 aliphatic carbocycles. The van der Waals surface area contributed by atoms with E-state index in [1.807, 2.05) is 12.1 Å². The van der Waals surface area contributed by atoms with Crippen molar-refractivity contribution < 1.29 is 0 Å². The van der Waals surface area contributed by atoms with E-state index in [0.717, 1.165) is 28.5 Å². The number of benzene rings is 3. The molecule has 0 aliphatic heterocycles. The summed E-state index contributed by atoms with van der Waals surface area (Å²) in [6.45, 7) is 6.31. The summed E-state index contributed by atoms with van der Waals surface area (Å²) in [6, 6.07) is 25.5. The van der Waals surface area contributed by atoms with Gasteiger partial charge in [0, 0.05) is 36.4 Å². The van der Waals surface area contributed by atoms with Gasteiger partial charge in [-0.2, -0.15) is 4.58 Å². The lowest BCUT2D eigenvalue weighted by molar-refractivity contribution is 1.08. The second-order valence-corrected chi connectivity index (χ2v) is 7.47. The Bertz CT molecular complexity index is 1060. The van der Waals surface area contributed by atoms with Crippen molar-refractivity contribution in [1.82, 2.24) is 4.58 Å². The maximum absolute atomic E-state index is 4.73. The van der Waals surface area contributed by atoms with Crippen molar-refractivity contribution in [2.75, 3.05) is 0 Å². The highest BCUT2D eigenvalue weighted by Gasteiger charge is 2.19. The summed E-state index contributed by atoms with van der Waals surface area (Å²) < 4.78 is 2.27. The molecule has 142 valence electrons. The average molecular weight is 378 g/mol. The van der Waals surface area contributed by atoms with Gasteiger partial charge in [-0.15, -0.1) is 0 Å². The van der Waals surface area contributed by atoms with Crippen LogP contribution in [-0.2, 0) is 0 Å². The van der Waals surface area contributed by atoms with Crippen LogP contribution < -0.4 is 4.58 Å². The van der Waals surface area contributed by atoms with Crippen molar-refractivity contribution in [3.63, 3.8) is 0 Å². The summed E-state index contributed by atoms with van der Waals surface area (Å²) in [5.41, 5.74) is 9.06. The van der Waals surface area contributed by atoms with Crippen LogP contribution in [0.15, 0.2) is 102 Å². The molecule has 4 rings (SSSR count).